The second kappa shape index (κ2) is 6.23. The zero-order valence-electron chi connectivity index (χ0n) is 13.7. The van der Waals surface area contributed by atoms with Gasteiger partial charge in [-0.2, -0.15) is 5.10 Å². The number of carbonyl (C=O) groups excluding carboxylic acids is 1. The van der Waals surface area contributed by atoms with Gasteiger partial charge in [-0.3, -0.25) is 4.79 Å². The van der Waals surface area contributed by atoms with Crippen LogP contribution in [-0.2, 0) is 0 Å². The summed E-state index contributed by atoms with van der Waals surface area (Å²) in [5.74, 6) is 0.0751. The molecular formula is C21H22N2O. The minimum absolute atomic E-state index is 0.0340. The van der Waals surface area contributed by atoms with Crippen LogP contribution >= 0.6 is 0 Å². The predicted octanol–water partition coefficient (Wildman–Crippen LogP) is 4.32. The molecule has 4 rings (SSSR count). The number of carbonyl (C=O) groups is 1. The normalized spacial score (nSPS) is 22.0. The van der Waals surface area contributed by atoms with E-state index in [0.717, 1.165) is 12.8 Å². The van der Waals surface area contributed by atoms with Gasteiger partial charge in [0.15, 0.2) is 0 Å². The number of hydrogen-bond acceptors (Lipinski definition) is 3. The molecule has 2 aromatic rings. The number of hydrogen-bond donors (Lipinski definition) is 1. The molecule has 2 aromatic carbocycles. The van der Waals surface area contributed by atoms with Crippen LogP contribution in [0.5, 0.6) is 0 Å². The molecule has 1 saturated carbocycles. The van der Waals surface area contributed by atoms with Gasteiger partial charge in [-0.1, -0.05) is 79.9 Å². The van der Waals surface area contributed by atoms with Gasteiger partial charge < -0.3 is 5.43 Å². The molecule has 3 nitrogen and oxygen atoms in total. The predicted molar refractivity (Wildman–Crippen MR) is 96.3 cm³/mol. The molecule has 1 N–H and O–H groups in total. The van der Waals surface area contributed by atoms with E-state index in [1.54, 1.807) is 0 Å². The third kappa shape index (κ3) is 2.54. The first-order chi connectivity index (χ1) is 11.8. The van der Waals surface area contributed by atoms with Gasteiger partial charge in [-0.05, 0) is 18.4 Å². The van der Waals surface area contributed by atoms with Crippen LogP contribution in [0.1, 0.15) is 53.9 Å². The molecule has 1 atom stereocenters. The summed E-state index contributed by atoms with van der Waals surface area (Å²) < 4.78 is 0. The lowest BCUT2D eigenvalue weighted by molar-refractivity contribution is 0.106. The fraction of sp³-hybridized carbons (Fsp3) is 0.333. The molecule has 0 radical (unpaired) electrons. The van der Waals surface area contributed by atoms with Crippen LogP contribution < -0.4 is 5.43 Å². The van der Waals surface area contributed by atoms with E-state index < -0.39 is 0 Å². The highest BCUT2D eigenvalue weighted by Crippen LogP contribution is 2.44. The molecule has 1 aliphatic carbocycles. The first-order valence-corrected chi connectivity index (χ1v) is 8.80. The molecule has 0 amide bonds. The molecule has 1 heterocycles. The largest absolute Gasteiger partial charge is 0.303 e. The lowest BCUT2D eigenvalue weighted by Gasteiger charge is -2.38. The zero-order chi connectivity index (χ0) is 16.4. The smallest absolute Gasteiger partial charge is 0.209 e. The highest BCUT2D eigenvalue weighted by molar-refractivity contribution is 6.48. The lowest BCUT2D eigenvalue weighted by Crippen LogP contribution is -2.47. The molecule has 2 aliphatic rings. The third-order valence-corrected chi connectivity index (χ3v) is 5.37. The summed E-state index contributed by atoms with van der Waals surface area (Å²) in [6, 6.07) is 19.9. The molecule has 122 valence electrons. The van der Waals surface area contributed by atoms with Crippen LogP contribution in [0.4, 0.5) is 0 Å². The van der Waals surface area contributed by atoms with Crippen molar-refractivity contribution in [2.45, 2.75) is 43.6 Å². The van der Waals surface area contributed by atoms with Crippen molar-refractivity contribution in [1.29, 1.82) is 0 Å². The Hall–Kier alpha value is -2.42. The van der Waals surface area contributed by atoms with Crippen molar-refractivity contribution in [3.05, 3.63) is 71.8 Å². The van der Waals surface area contributed by atoms with Crippen molar-refractivity contribution in [2.75, 3.05) is 0 Å². The number of Topliss-reactive ketones (excluding diaryl/α,β-unsaturated/α-hetero) is 1. The van der Waals surface area contributed by atoms with Crippen LogP contribution in [0, 0.1) is 0 Å². The molecule has 1 aliphatic heterocycles. The summed E-state index contributed by atoms with van der Waals surface area (Å²) in [6.45, 7) is 0. The van der Waals surface area contributed by atoms with Crippen molar-refractivity contribution in [3.63, 3.8) is 0 Å². The summed E-state index contributed by atoms with van der Waals surface area (Å²) in [5.41, 5.74) is 5.85. The molecule has 24 heavy (non-hydrogen) atoms. The van der Waals surface area contributed by atoms with Gasteiger partial charge in [-0.25, -0.2) is 0 Å². The average Bonchev–Trinajstić information content (AvgIpc) is 3.01. The van der Waals surface area contributed by atoms with E-state index in [2.05, 4.69) is 34.8 Å². The van der Waals surface area contributed by atoms with E-state index >= 15 is 0 Å². The maximum absolute atomic E-state index is 13.1. The van der Waals surface area contributed by atoms with Crippen LogP contribution in [0.2, 0.25) is 0 Å². The van der Waals surface area contributed by atoms with E-state index in [-0.39, 0.29) is 17.2 Å². The highest BCUT2D eigenvalue weighted by atomic mass is 16.1. The van der Waals surface area contributed by atoms with E-state index in [0.29, 0.717) is 11.3 Å². The molecule has 0 bridgehead atoms. The molecule has 0 saturated heterocycles. The van der Waals surface area contributed by atoms with Crippen LogP contribution in [0.3, 0.4) is 0 Å². The average molecular weight is 318 g/mol. The molecule has 3 heteroatoms. The molecule has 1 unspecified atom stereocenters. The zero-order valence-corrected chi connectivity index (χ0v) is 13.7. The fourth-order valence-corrected chi connectivity index (χ4v) is 4.19. The molecule has 0 aromatic heterocycles. The van der Waals surface area contributed by atoms with E-state index in [1.807, 2.05) is 36.4 Å². The number of benzene rings is 2. The highest BCUT2D eigenvalue weighted by Gasteiger charge is 2.49. The quantitative estimate of drug-likeness (QED) is 0.857. The second-order valence-electron chi connectivity index (χ2n) is 6.86. The summed E-state index contributed by atoms with van der Waals surface area (Å²) in [6.07, 6.45) is 5.80. The van der Waals surface area contributed by atoms with Crippen molar-refractivity contribution in [1.82, 2.24) is 5.43 Å². The standard InChI is InChI=1S/C21H22N2O/c24-20(17-12-6-2-7-13-17)19-18(16-10-4-1-5-11-16)21(23-22-19)14-8-3-9-15-21/h1-2,4-7,10-13,18,23H,3,8-9,14-15H2. The number of nitrogens with zero attached hydrogens (tertiary/aromatic N) is 1. The van der Waals surface area contributed by atoms with Gasteiger partial charge in [0, 0.05) is 5.56 Å². The van der Waals surface area contributed by atoms with Crippen LogP contribution in [0.25, 0.3) is 0 Å². The number of hydrazone groups is 1. The van der Waals surface area contributed by atoms with Crippen LogP contribution in [0.15, 0.2) is 65.8 Å². The lowest BCUT2D eigenvalue weighted by atomic mass is 9.68. The third-order valence-electron chi connectivity index (χ3n) is 5.37. The van der Waals surface area contributed by atoms with Gasteiger partial charge in [-0.15, -0.1) is 0 Å². The minimum atomic E-state index is -0.0978. The van der Waals surface area contributed by atoms with Gasteiger partial charge in [0.05, 0.1) is 11.5 Å². The van der Waals surface area contributed by atoms with E-state index in [4.69, 9.17) is 0 Å². The van der Waals surface area contributed by atoms with Crippen molar-refractivity contribution in [3.8, 4) is 0 Å². The molecule has 1 spiro atoms. The fourth-order valence-electron chi connectivity index (χ4n) is 4.19. The molecule has 1 fully saturated rings. The molecular weight excluding hydrogens is 296 g/mol. The van der Waals surface area contributed by atoms with Crippen molar-refractivity contribution >= 4 is 11.5 Å². The van der Waals surface area contributed by atoms with Crippen LogP contribution in [-0.4, -0.2) is 17.0 Å². The summed E-state index contributed by atoms with van der Waals surface area (Å²) in [4.78, 5) is 13.1. The second-order valence-corrected chi connectivity index (χ2v) is 6.86. The first kappa shape index (κ1) is 15.1. The Labute approximate surface area is 142 Å². The Morgan fingerprint density at radius 1 is 0.917 bits per heavy atom. The monoisotopic (exact) mass is 318 g/mol. The first-order valence-electron chi connectivity index (χ1n) is 8.80. The van der Waals surface area contributed by atoms with E-state index in [1.165, 1.54) is 24.8 Å². The number of rotatable bonds is 3. The Kier molecular flexibility index (Phi) is 3.93. The van der Waals surface area contributed by atoms with Gasteiger partial charge >= 0.3 is 0 Å². The topological polar surface area (TPSA) is 41.5 Å². The van der Waals surface area contributed by atoms with Gasteiger partial charge in [0.25, 0.3) is 0 Å². The maximum Gasteiger partial charge on any atom is 0.209 e. The summed E-state index contributed by atoms with van der Waals surface area (Å²) >= 11 is 0. The minimum Gasteiger partial charge on any atom is -0.303 e. The Bertz CT molecular complexity index is 746. The maximum atomic E-state index is 13.1. The summed E-state index contributed by atoms with van der Waals surface area (Å²) in [7, 11) is 0. The van der Waals surface area contributed by atoms with E-state index in [9.17, 15) is 4.79 Å². The Morgan fingerprint density at radius 3 is 2.21 bits per heavy atom. The van der Waals surface area contributed by atoms with Gasteiger partial charge in [0.1, 0.15) is 5.71 Å². The summed E-state index contributed by atoms with van der Waals surface area (Å²) in [5, 5.41) is 4.56. The van der Waals surface area contributed by atoms with Crippen molar-refractivity contribution in [2.24, 2.45) is 5.10 Å². The number of nitrogens with one attached hydrogen (secondary N) is 1. The Balaban J connectivity index is 1.74. The van der Waals surface area contributed by atoms with Crippen molar-refractivity contribution < 1.29 is 4.79 Å². The Morgan fingerprint density at radius 2 is 1.54 bits per heavy atom. The van der Waals surface area contributed by atoms with Gasteiger partial charge in [0.2, 0.25) is 5.78 Å². The SMILES string of the molecule is O=C(C1=NNC2(CCCCC2)C1c1ccccc1)c1ccccc1. The number of ketones is 1.